The van der Waals surface area contributed by atoms with Gasteiger partial charge in [0.05, 0.1) is 11.0 Å². The lowest BCUT2D eigenvalue weighted by molar-refractivity contribution is 0.769. The van der Waals surface area contributed by atoms with E-state index in [4.69, 9.17) is 0 Å². The van der Waals surface area contributed by atoms with E-state index in [2.05, 4.69) is 187 Å². The minimum atomic E-state index is -0.567. The molecule has 2 heteroatoms. The van der Waals surface area contributed by atoms with Crippen LogP contribution in [-0.2, 0) is 5.41 Å². The Morgan fingerprint density at radius 2 is 1.02 bits per heavy atom. The molecular weight excluding hydrogens is 641 g/mol. The molecule has 0 aliphatic heterocycles. The van der Waals surface area contributed by atoms with E-state index in [0.29, 0.717) is 5.56 Å². The highest BCUT2D eigenvalue weighted by Crippen LogP contribution is 2.59. The fourth-order valence-corrected chi connectivity index (χ4v) is 8.63. The fourth-order valence-electron chi connectivity index (χ4n) is 8.63. The first-order chi connectivity index (χ1) is 26.2. The first-order valence-electron chi connectivity index (χ1n) is 18.0. The Morgan fingerprint density at radius 1 is 0.415 bits per heavy atom. The Morgan fingerprint density at radius 3 is 1.75 bits per heavy atom. The van der Waals surface area contributed by atoms with Crippen LogP contribution in [0.1, 0.15) is 27.8 Å². The van der Waals surface area contributed by atoms with Crippen LogP contribution in [0.4, 0.5) is 0 Å². The van der Waals surface area contributed by atoms with Gasteiger partial charge >= 0.3 is 0 Å². The van der Waals surface area contributed by atoms with E-state index < -0.39 is 5.41 Å². The molecule has 1 aliphatic carbocycles. The van der Waals surface area contributed by atoms with Crippen LogP contribution in [0.3, 0.4) is 0 Å². The first kappa shape index (κ1) is 30.7. The van der Waals surface area contributed by atoms with Crippen LogP contribution in [0.25, 0.3) is 66.1 Å². The summed E-state index contributed by atoms with van der Waals surface area (Å²) in [5, 5.41) is 14.4. The van der Waals surface area contributed by atoms with Crippen molar-refractivity contribution < 1.29 is 0 Å². The number of fused-ring (bicyclic) bond motifs is 6. The maximum Gasteiger partial charge on any atom is 0.101 e. The van der Waals surface area contributed by atoms with Crippen molar-refractivity contribution in [3.63, 3.8) is 0 Å². The van der Waals surface area contributed by atoms with Crippen molar-refractivity contribution in [2.75, 3.05) is 0 Å². The van der Waals surface area contributed by atoms with E-state index in [0.717, 1.165) is 16.7 Å². The molecule has 0 amide bonds. The maximum atomic E-state index is 9.47. The molecule has 1 aromatic heterocycles. The summed E-state index contributed by atoms with van der Waals surface area (Å²) in [5.74, 6) is 0. The summed E-state index contributed by atoms with van der Waals surface area (Å²) in [6, 6.07) is 68.7. The summed E-state index contributed by atoms with van der Waals surface area (Å²) < 4.78 is 0. The summed E-state index contributed by atoms with van der Waals surface area (Å²) in [5.41, 5.74) is 14.3. The molecule has 9 aromatic rings. The van der Waals surface area contributed by atoms with Crippen molar-refractivity contribution in [1.82, 2.24) is 4.98 Å². The van der Waals surface area contributed by atoms with E-state index in [-0.39, 0.29) is 0 Å². The van der Waals surface area contributed by atoms with Gasteiger partial charge in [0.15, 0.2) is 0 Å². The van der Waals surface area contributed by atoms with Gasteiger partial charge in [0.1, 0.15) is 6.07 Å². The number of rotatable bonds is 5. The second kappa shape index (κ2) is 12.3. The van der Waals surface area contributed by atoms with Gasteiger partial charge < -0.3 is 0 Å². The third-order valence-corrected chi connectivity index (χ3v) is 11.0. The van der Waals surface area contributed by atoms with Crippen LogP contribution in [0.15, 0.2) is 194 Å². The summed E-state index contributed by atoms with van der Waals surface area (Å²) in [7, 11) is 0. The van der Waals surface area contributed by atoms with Crippen molar-refractivity contribution >= 4 is 21.5 Å². The molecule has 0 radical (unpaired) electrons. The van der Waals surface area contributed by atoms with Crippen LogP contribution >= 0.6 is 0 Å². The molecule has 2 nitrogen and oxygen atoms in total. The largest absolute Gasteiger partial charge is 0.263 e. The number of hydrogen-bond donors (Lipinski definition) is 0. The monoisotopic (exact) mass is 672 g/mol. The van der Waals surface area contributed by atoms with E-state index >= 15 is 0 Å². The van der Waals surface area contributed by atoms with Crippen molar-refractivity contribution in [1.29, 1.82) is 5.26 Å². The molecule has 0 bridgehead atoms. The average Bonchev–Trinajstić information content (AvgIpc) is 3.54. The Hall–Kier alpha value is -7.08. The normalized spacial score (nSPS) is 12.7. The van der Waals surface area contributed by atoms with E-state index in [9.17, 15) is 5.26 Å². The maximum absolute atomic E-state index is 9.47. The number of nitrogens with zero attached hydrogens (tertiary/aromatic N) is 2. The van der Waals surface area contributed by atoms with E-state index in [1.165, 1.54) is 71.6 Å². The van der Waals surface area contributed by atoms with Crippen molar-refractivity contribution in [3.05, 3.63) is 222 Å². The van der Waals surface area contributed by atoms with E-state index in [1.54, 1.807) is 6.20 Å². The molecule has 0 saturated heterocycles. The highest BCUT2D eigenvalue weighted by Gasteiger charge is 2.47. The Bertz CT molecular complexity index is 2840. The topological polar surface area (TPSA) is 36.7 Å². The van der Waals surface area contributed by atoms with E-state index in [1.807, 2.05) is 12.3 Å². The number of hydrogen-bond acceptors (Lipinski definition) is 2. The molecule has 0 spiro atoms. The minimum absolute atomic E-state index is 0.553. The molecule has 0 N–H and O–H groups in total. The number of benzene rings is 8. The smallest absolute Gasteiger partial charge is 0.101 e. The third kappa shape index (κ3) is 4.83. The Kier molecular flexibility index (Phi) is 7.13. The highest BCUT2D eigenvalue weighted by atomic mass is 14.6. The second-order valence-corrected chi connectivity index (χ2v) is 13.8. The van der Waals surface area contributed by atoms with Crippen LogP contribution in [0.2, 0.25) is 0 Å². The molecule has 8 aromatic carbocycles. The average molecular weight is 673 g/mol. The van der Waals surface area contributed by atoms with Crippen LogP contribution in [0.5, 0.6) is 0 Å². The fraction of sp³-hybridized carbons (Fsp3) is 0.0196. The number of aromatic nitrogens is 1. The third-order valence-electron chi connectivity index (χ3n) is 11.0. The zero-order valence-corrected chi connectivity index (χ0v) is 28.9. The molecule has 0 unspecified atom stereocenters. The lowest BCUT2D eigenvalue weighted by Gasteiger charge is -2.34. The van der Waals surface area contributed by atoms with Crippen molar-refractivity contribution in [3.8, 4) is 50.6 Å². The van der Waals surface area contributed by atoms with Gasteiger partial charge in [-0.25, -0.2) is 0 Å². The lowest BCUT2D eigenvalue weighted by atomic mass is 9.67. The van der Waals surface area contributed by atoms with Gasteiger partial charge in [0, 0.05) is 18.0 Å². The van der Waals surface area contributed by atoms with Gasteiger partial charge in [-0.1, -0.05) is 158 Å². The molecule has 1 aliphatic rings. The molecule has 246 valence electrons. The first-order valence-corrected chi connectivity index (χ1v) is 18.0. The molecule has 1 heterocycles. The van der Waals surface area contributed by atoms with Crippen LogP contribution in [-0.4, -0.2) is 4.98 Å². The van der Waals surface area contributed by atoms with Gasteiger partial charge in [-0.3, -0.25) is 4.98 Å². The van der Waals surface area contributed by atoms with Gasteiger partial charge in [-0.05, 0) is 107 Å². The predicted octanol–water partition coefficient (Wildman–Crippen LogP) is 12.6. The molecule has 0 fully saturated rings. The summed E-state index contributed by atoms with van der Waals surface area (Å²) in [6.07, 6.45) is 3.42. The Labute approximate surface area is 308 Å². The molecular formula is C51H32N2. The number of pyridine rings is 1. The van der Waals surface area contributed by atoms with Gasteiger partial charge in [0.25, 0.3) is 0 Å². The van der Waals surface area contributed by atoms with Gasteiger partial charge in [-0.2, -0.15) is 5.26 Å². The van der Waals surface area contributed by atoms with Crippen molar-refractivity contribution in [2.24, 2.45) is 0 Å². The van der Waals surface area contributed by atoms with Crippen molar-refractivity contribution in [2.45, 2.75) is 5.41 Å². The molecule has 0 saturated carbocycles. The molecule has 10 rings (SSSR count). The minimum Gasteiger partial charge on any atom is -0.263 e. The summed E-state index contributed by atoms with van der Waals surface area (Å²) >= 11 is 0. The lowest BCUT2D eigenvalue weighted by Crippen LogP contribution is -2.28. The molecule has 0 atom stereocenters. The standard InChI is InChI=1S/C51H32N2/c52-31-34-27-41(33-53-32-34)36-19-22-37(23-20-36)47-30-49-50(45-18-10-9-17-44(45)47)46-26-25-40(39-24-21-35-11-7-8-12-38(35)28-39)29-48(46)51(49,42-13-3-1-4-14-42)43-15-5-2-6-16-43/h1-30,32-33H. The second-order valence-electron chi connectivity index (χ2n) is 13.8. The van der Waals surface area contributed by atoms with Crippen LogP contribution < -0.4 is 0 Å². The highest BCUT2D eigenvalue weighted by molar-refractivity contribution is 6.10. The zero-order valence-electron chi connectivity index (χ0n) is 28.9. The van der Waals surface area contributed by atoms with Gasteiger partial charge in [-0.15, -0.1) is 0 Å². The number of nitriles is 1. The predicted molar refractivity (Wildman–Crippen MR) is 218 cm³/mol. The summed E-state index contributed by atoms with van der Waals surface area (Å²) in [6.45, 7) is 0. The quantitative estimate of drug-likeness (QED) is 0.182. The van der Waals surface area contributed by atoms with Gasteiger partial charge in [0.2, 0.25) is 0 Å². The van der Waals surface area contributed by atoms with Crippen LogP contribution in [0, 0.1) is 11.3 Å². The SMILES string of the molecule is N#Cc1cncc(-c2ccc(-c3cc4c(c5ccccc35)-c3ccc(-c5ccc6ccccc6c5)cc3C4(c3ccccc3)c3ccccc3)cc2)c1. The zero-order chi connectivity index (χ0) is 35.4. The Balaban J connectivity index is 1.26. The molecule has 53 heavy (non-hydrogen) atoms. The summed E-state index contributed by atoms with van der Waals surface area (Å²) in [4.78, 5) is 4.30.